The zero-order valence-electron chi connectivity index (χ0n) is 17.1. The first kappa shape index (κ1) is 21.0. The van der Waals surface area contributed by atoms with E-state index in [9.17, 15) is 9.59 Å². The Bertz CT molecular complexity index is 988. The highest BCUT2D eigenvalue weighted by molar-refractivity contribution is 6.06. The molecule has 0 atom stereocenters. The van der Waals surface area contributed by atoms with Gasteiger partial charge in [-0.25, -0.2) is 4.79 Å². The van der Waals surface area contributed by atoms with Crippen molar-refractivity contribution in [2.24, 2.45) is 0 Å². The molecule has 1 heterocycles. The fourth-order valence-electron chi connectivity index (χ4n) is 2.98. The molecule has 3 aromatic rings. The predicted molar refractivity (Wildman–Crippen MR) is 115 cm³/mol. The Morgan fingerprint density at radius 3 is 2.30 bits per heavy atom. The summed E-state index contributed by atoms with van der Waals surface area (Å²) in [6, 6.07) is 17.7. The van der Waals surface area contributed by atoms with E-state index in [0.717, 1.165) is 5.56 Å². The van der Waals surface area contributed by atoms with Gasteiger partial charge in [0, 0.05) is 23.6 Å². The molecule has 1 amide bonds. The van der Waals surface area contributed by atoms with Crippen LogP contribution in [-0.4, -0.2) is 30.1 Å². The summed E-state index contributed by atoms with van der Waals surface area (Å²) in [5.41, 5.74) is 2.57. The lowest BCUT2D eigenvalue weighted by molar-refractivity contribution is 0.0526. The smallest absolute Gasteiger partial charge is 0.338 e. The molecule has 0 N–H and O–H groups in total. The lowest BCUT2D eigenvalue weighted by atomic mass is 10.1. The summed E-state index contributed by atoms with van der Waals surface area (Å²) in [6.45, 7) is 4.85. The third-order valence-corrected chi connectivity index (χ3v) is 4.42. The molecule has 0 fully saturated rings. The summed E-state index contributed by atoms with van der Waals surface area (Å²) in [5.74, 6) is 0.0857. The fraction of sp³-hybridized carbons (Fsp3) is 0.208. The Balaban J connectivity index is 1.93. The molecule has 0 spiro atoms. The van der Waals surface area contributed by atoms with Gasteiger partial charge in [-0.15, -0.1) is 0 Å². The summed E-state index contributed by atoms with van der Waals surface area (Å²) in [7, 11) is 0. The van der Waals surface area contributed by atoms with Crippen LogP contribution in [0.4, 0.5) is 5.69 Å². The van der Waals surface area contributed by atoms with Gasteiger partial charge in [0.1, 0.15) is 5.75 Å². The number of anilines is 1. The molecule has 154 valence electrons. The maximum Gasteiger partial charge on any atom is 0.338 e. The van der Waals surface area contributed by atoms with Crippen LogP contribution in [0.25, 0.3) is 0 Å². The van der Waals surface area contributed by atoms with Crippen LogP contribution >= 0.6 is 0 Å². The van der Waals surface area contributed by atoms with Crippen molar-refractivity contribution in [3.8, 4) is 5.75 Å². The van der Waals surface area contributed by atoms with Crippen molar-refractivity contribution in [3.05, 3.63) is 89.7 Å². The lowest BCUT2D eigenvalue weighted by Crippen LogP contribution is -2.30. The van der Waals surface area contributed by atoms with Crippen LogP contribution in [0.5, 0.6) is 5.75 Å². The highest BCUT2D eigenvalue weighted by atomic mass is 16.5. The summed E-state index contributed by atoms with van der Waals surface area (Å²) >= 11 is 0. The number of aromatic nitrogens is 1. The number of hydrogen-bond acceptors (Lipinski definition) is 5. The molecule has 0 aliphatic heterocycles. The Morgan fingerprint density at radius 2 is 1.63 bits per heavy atom. The van der Waals surface area contributed by atoms with E-state index in [-0.39, 0.29) is 11.9 Å². The maximum atomic E-state index is 13.4. The summed E-state index contributed by atoms with van der Waals surface area (Å²) < 4.78 is 10.6. The predicted octanol–water partition coefficient (Wildman–Crippen LogP) is 4.50. The quantitative estimate of drug-likeness (QED) is 0.517. The molecule has 1 aromatic heterocycles. The average Bonchev–Trinajstić information content (AvgIpc) is 2.78. The number of pyridine rings is 1. The van der Waals surface area contributed by atoms with Crippen LogP contribution < -0.4 is 9.64 Å². The molecule has 0 bridgehead atoms. The van der Waals surface area contributed by atoms with E-state index >= 15 is 0 Å². The van der Waals surface area contributed by atoms with Crippen LogP contribution in [0.15, 0.2) is 73.1 Å². The maximum absolute atomic E-state index is 13.4. The first-order chi connectivity index (χ1) is 14.6. The summed E-state index contributed by atoms with van der Waals surface area (Å²) in [4.78, 5) is 31.0. The number of ether oxygens (including phenoxy) is 2. The largest absolute Gasteiger partial charge is 0.494 e. The van der Waals surface area contributed by atoms with E-state index in [1.807, 2.05) is 25.1 Å². The van der Waals surface area contributed by atoms with Gasteiger partial charge in [-0.1, -0.05) is 6.07 Å². The molecule has 0 unspecified atom stereocenters. The number of hydrogen-bond donors (Lipinski definition) is 0. The third-order valence-electron chi connectivity index (χ3n) is 4.42. The van der Waals surface area contributed by atoms with Crippen LogP contribution in [0, 0.1) is 0 Å². The van der Waals surface area contributed by atoms with E-state index < -0.39 is 0 Å². The van der Waals surface area contributed by atoms with Gasteiger partial charge in [0.05, 0.1) is 25.3 Å². The molecular weight excluding hydrogens is 380 g/mol. The molecule has 0 aliphatic carbocycles. The Hall–Kier alpha value is -3.67. The molecule has 0 saturated heterocycles. The van der Waals surface area contributed by atoms with Gasteiger partial charge in [-0.05, 0) is 74.0 Å². The van der Waals surface area contributed by atoms with Crippen molar-refractivity contribution in [3.63, 3.8) is 0 Å². The van der Waals surface area contributed by atoms with Crippen molar-refractivity contribution in [1.82, 2.24) is 4.98 Å². The molecule has 3 rings (SSSR count). The normalized spacial score (nSPS) is 10.3. The first-order valence-corrected chi connectivity index (χ1v) is 9.83. The van der Waals surface area contributed by atoms with Crippen LogP contribution in [0.1, 0.15) is 40.1 Å². The van der Waals surface area contributed by atoms with E-state index in [1.165, 1.54) is 0 Å². The highest BCUT2D eigenvalue weighted by Gasteiger charge is 2.19. The van der Waals surface area contributed by atoms with E-state index in [1.54, 1.807) is 66.7 Å². The summed E-state index contributed by atoms with van der Waals surface area (Å²) in [6.07, 6.45) is 3.38. The molecule has 0 saturated carbocycles. The second-order valence-corrected chi connectivity index (χ2v) is 6.47. The van der Waals surface area contributed by atoms with Crippen molar-refractivity contribution in [2.45, 2.75) is 20.4 Å². The average molecular weight is 404 g/mol. The van der Waals surface area contributed by atoms with Gasteiger partial charge in [-0.3, -0.25) is 9.78 Å². The van der Waals surface area contributed by atoms with Crippen molar-refractivity contribution in [1.29, 1.82) is 0 Å². The third kappa shape index (κ3) is 5.23. The number of carbonyl (C=O) groups excluding carboxylic acids is 2. The minimum atomic E-state index is -0.388. The van der Waals surface area contributed by atoms with E-state index in [4.69, 9.17) is 9.47 Å². The molecule has 30 heavy (non-hydrogen) atoms. The second kappa shape index (κ2) is 10.2. The van der Waals surface area contributed by atoms with Crippen LogP contribution in [0.3, 0.4) is 0 Å². The van der Waals surface area contributed by atoms with Gasteiger partial charge in [0.25, 0.3) is 5.91 Å². The Morgan fingerprint density at radius 1 is 0.900 bits per heavy atom. The molecule has 0 aliphatic rings. The number of carbonyl (C=O) groups is 2. The second-order valence-electron chi connectivity index (χ2n) is 6.47. The van der Waals surface area contributed by atoms with Crippen molar-refractivity contribution >= 4 is 17.6 Å². The molecule has 6 nitrogen and oxygen atoms in total. The number of rotatable bonds is 8. The zero-order valence-corrected chi connectivity index (χ0v) is 17.1. The number of esters is 1. The Labute approximate surface area is 176 Å². The Kier molecular flexibility index (Phi) is 7.16. The van der Waals surface area contributed by atoms with Gasteiger partial charge in [-0.2, -0.15) is 0 Å². The first-order valence-electron chi connectivity index (χ1n) is 9.83. The zero-order chi connectivity index (χ0) is 21.3. The molecule has 0 radical (unpaired) electrons. The van der Waals surface area contributed by atoms with E-state index in [2.05, 4.69) is 4.98 Å². The van der Waals surface area contributed by atoms with Crippen molar-refractivity contribution < 1.29 is 19.1 Å². The molecular formula is C24H24N2O4. The number of nitrogens with zero attached hydrogens (tertiary/aromatic N) is 2. The van der Waals surface area contributed by atoms with Gasteiger partial charge < -0.3 is 14.4 Å². The van der Waals surface area contributed by atoms with Gasteiger partial charge in [0.15, 0.2) is 0 Å². The van der Waals surface area contributed by atoms with Crippen LogP contribution in [0.2, 0.25) is 0 Å². The van der Waals surface area contributed by atoms with Gasteiger partial charge >= 0.3 is 5.97 Å². The SMILES string of the molecule is CCOC(=O)c1ccc(N(Cc2ccncc2)C(=O)c2cccc(OCC)c2)cc1. The van der Waals surface area contributed by atoms with Gasteiger partial charge in [0.2, 0.25) is 0 Å². The minimum Gasteiger partial charge on any atom is -0.494 e. The van der Waals surface area contributed by atoms with Crippen LogP contribution in [-0.2, 0) is 11.3 Å². The summed E-state index contributed by atoms with van der Waals surface area (Å²) in [5, 5.41) is 0. The minimum absolute atomic E-state index is 0.169. The van der Waals surface area contributed by atoms with Crippen molar-refractivity contribution in [2.75, 3.05) is 18.1 Å². The number of benzene rings is 2. The highest BCUT2D eigenvalue weighted by Crippen LogP contribution is 2.23. The lowest BCUT2D eigenvalue weighted by Gasteiger charge is -2.23. The fourth-order valence-corrected chi connectivity index (χ4v) is 2.98. The topological polar surface area (TPSA) is 68.7 Å². The van der Waals surface area contributed by atoms with E-state index in [0.29, 0.717) is 42.3 Å². The number of amides is 1. The monoisotopic (exact) mass is 404 g/mol. The molecule has 2 aromatic carbocycles. The molecule has 6 heteroatoms. The standard InChI is InChI=1S/C24H24N2O4/c1-3-29-22-7-5-6-20(16-22)23(27)26(17-18-12-14-25-15-13-18)21-10-8-19(9-11-21)24(28)30-4-2/h5-16H,3-4,17H2,1-2H3.